The molecule has 4 heteroatoms. The van der Waals surface area contributed by atoms with Crippen molar-refractivity contribution in [3.63, 3.8) is 0 Å². The van der Waals surface area contributed by atoms with E-state index in [-0.39, 0.29) is 12.1 Å². The molecule has 2 atom stereocenters. The Balaban J connectivity index is 2.14. The molecule has 1 fully saturated rings. The van der Waals surface area contributed by atoms with Crippen LogP contribution in [0.3, 0.4) is 0 Å². The van der Waals surface area contributed by atoms with Crippen molar-refractivity contribution in [2.24, 2.45) is 0 Å². The maximum atomic E-state index is 9.73. The van der Waals surface area contributed by atoms with Crippen LogP contribution in [-0.4, -0.2) is 21.0 Å². The van der Waals surface area contributed by atoms with Gasteiger partial charge in [-0.15, -0.1) is 0 Å². The molecule has 0 aliphatic heterocycles. The minimum Gasteiger partial charge on any atom is -0.391 e. The summed E-state index contributed by atoms with van der Waals surface area (Å²) in [7, 11) is 0. The molecule has 0 radical (unpaired) electrons. The average molecular weight is 201 g/mol. The van der Waals surface area contributed by atoms with Gasteiger partial charge in [0.25, 0.3) is 0 Å². The average Bonchev–Trinajstić information content (AvgIpc) is 2.53. The zero-order valence-corrected chi connectivity index (χ0v) is 8.11. The summed E-state index contributed by atoms with van der Waals surface area (Å²) in [6, 6.07) is 0.126. The van der Waals surface area contributed by atoms with Crippen LogP contribution in [0, 0.1) is 0 Å². The van der Waals surface area contributed by atoms with Crippen molar-refractivity contribution in [2.45, 2.75) is 37.8 Å². The second kappa shape index (κ2) is 3.68. The number of aliphatic hydroxyl groups is 1. The largest absolute Gasteiger partial charge is 0.391 e. The Morgan fingerprint density at radius 3 is 2.85 bits per heavy atom. The maximum Gasteiger partial charge on any atom is 0.0785 e. The van der Waals surface area contributed by atoms with Crippen molar-refractivity contribution >= 4 is 11.6 Å². The normalized spacial score (nSPS) is 29.1. The Labute approximate surface area is 82.3 Å². The van der Waals surface area contributed by atoms with Gasteiger partial charge in [-0.1, -0.05) is 24.4 Å². The molecule has 13 heavy (non-hydrogen) atoms. The first-order chi connectivity index (χ1) is 6.27. The lowest BCUT2D eigenvalue weighted by atomic mass is 9.93. The van der Waals surface area contributed by atoms with E-state index in [2.05, 4.69) is 5.10 Å². The van der Waals surface area contributed by atoms with E-state index in [1.807, 2.05) is 0 Å². The highest BCUT2D eigenvalue weighted by molar-refractivity contribution is 6.30. The summed E-state index contributed by atoms with van der Waals surface area (Å²) in [6.07, 6.45) is 7.29. The maximum absolute atomic E-state index is 9.73. The number of aromatic nitrogens is 2. The van der Waals surface area contributed by atoms with E-state index in [1.165, 1.54) is 6.42 Å². The lowest BCUT2D eigenvalue weighted by Crippen LogP contribution is -2.27. The first-order valence-corrected chi connectivity index (χ1v) is 5.03. The predicted molar refractivity (Wildman–Crippen MR) is 50.7 cm³/mol. The monoisotopic (exact) mass is 200 g/mol. The molecule has 0 saturated heterocycles. The SMILES string of the molecule is O[C@@H]1CCCC[C@H]1n1cc(Cl)cn1. The van der Waals surface area contributed by atoms with Gasteiger partial charge in [-0.3, -0.25) is 4.68 Å². The summed E-state index contributed by atoms with van der Waals surface area (Å²) < 4.78 is 1.78. The first-order valence-electron chi connectivity index (χ1n) is 4.65. The van der Waals surface area contributed by atoms with E-state index in [0.717, 1.165) is 19.3 Å². The van der Waals surface area contributed by atoms with Crippen LogP contribution in [-0.2, 0) is 0 Å². The number of nitrogens with zero attached hydrogens (tertiary/aromatic N) is 2. The van der Waals surface area contributed by atoms with Crippen LogP contribution in [0.2, 0.25) is 5.02 Å². The lowest BCUT2D eigenvalue weighted by molar-refractivity contribution is 0.0694. The molecule has 1 aromatic heterocycles. The molecule has 2 rings (SSSR count). The van der Waals surface area contributed by atoms with Crippen LogP contribution in [0.25, 0.3) is 0 Å². The van der Waals surface area contributed by atoms with Gasteiger partial charge in [0.15, 0.2) is 0 Å². The van der Waals surface area contributed by atoms with Gasteiger partial charge in [-0.2, -0.15) is 5.10 Å². The van der Waals surface area contributed by atoms with Gasteiger partial charge in [-0.05, 0) is 12.8 Å². The molecule has 1 heterocycles. The van der Waals surface area contributed by atoms with E-state index >= 15 is 0 Å². The minimum atomic E-state index is -0.260. The molecule has 0 aromatic carbocycles. The zero-order valence-electron chi connectivity index (χ0n) is 7.36. The third-order valence-corrected chi connectivity index (χ3v) is 2.80. The van der Waals surface area contributed by atoms with E-state index in [4.69, 9.17) is 11.6 Å². The summed E-state index contributed by atoms with van der Waals surface area (Å²) in [5.41, 5.74) is 0. The molecule has 1 N–H and O–H groups in total. The van der Waals surface area contributed by atoms with Crippen LogP contribution in [0.4, 0.5) is 0 Å². The molecule has 1 aliphatic carbocycles. The first kappa shape index (κ1) is 9.03. The number of hydrogen-bond acceptors (Lipinski definition) is 2. The van der Waals surface area contributed by atoms with Gasteiger partial charge in [0.2, 0.25) is 0 Å². The molecular formula is C9H13ClN2O. The molecule has 0 amide bonds. The molecule has 1 aromatic rings. The van der Waals surface area contributed by atoms with Crippen LogP contribution in [0.5, 0.6) is 0 Å². The topological polar surface area (TPSA) is 38.0 Å². The number of rotatable bonds is 1. The van der Waals surface area contributed by atoms with Crippen molar-refractivity contribution in [1.29, 1.82) is 0 Å². The number of hydrogen-bond donors (Lipinski definition) is 1. The van der Waals surface area contributed by atoms with Crippen molar-refractivity contribution in [2.75, 3.05) is 0 Å². The standard InChI is InChI=1S/C9H13ClN2O/c10-7-5-11-12(6-7)8-3-1-2-4-9(8)13/h5-6,8-9,13H,1-4H2/t8-,9-/m1/s1. The smallest absolute Gasteiger partial charge is 0.0785 e. The van der Waals surface area contributed by atoms with Crippen molar-refractivity contribution in [3.05, 3.63) is 17.4 Å². The van der Waals surface area contributed by atoms with E-state index < -0.39 is 0 Å². The fourth-order valence-electron chi connectivity index (χ4n) is 1.90. The molecule has 0 bridgehead atoms. The Bertz CT molecular complexity index is 287. The third-order valence-electron chi connectivity index (χ3n) is 2.60. The quantitative estimate of drug-likeness (QED) is 0.753. The van der Waals surface area contributed by atoms with Crippen molar-refractivity contribution in [3.8, 4) is 0 Å². The minimum absolute atomic E-state index is 0.126. The molecule has 0 unspecified atom stereocenters. The van der Waals surface area contributed by atoms with Crippen LogP contribution >= 0.6 is 11.6 Å². The second-order valence-electron chi connectivity index (χ2n) is 3.56. The molecule has 0 spiro atoms. The van der Waals surface area contributed by atoms with Gasteiger partial charge < -0.3 is 5.11 Å². The molecule has 1 aliphatic rings. The number of aliphatic hydroxyl groups excluding tert-OH is 1. The van der Waals surface area contributed by atoms with E-state index in [1.54, 1.807) is 17.1 Å². The Morgan fingerprint density at radius 1 is 1.46 bits per heavy atom. The van der Waals surface area contributed by atoms with Crippen molar-refractivity contribution < 1.29 is 5.11 Å². The fourth-order valence-corrected chi connectivity index (χ4v) is 2.04. The summed E-state index contributed by atoms with van der Waals surface area (Å²) in [5.74, 6) is 0. The van der Waals surface area contributed by atoms with Gasteiger partial charge >= 0.3 is 0 Å². The van der Waals surface area contributed by atoms with E-state index in [0.29, 0.717) is 5.02 Å². The van der Waals surface area contributed by atoms with Gasteiger partial charge in [0.1, 0.15) is 0 Å². The van der Waals surface area contributed by atoms with Crippen molar-refractivity contribution in [1.82, 2.24) is 9.78 Å². The van der Waals surface area contributed by atoms with E-state index in [9.17, 15) is 5.11 Å². The Hall–Kier alpha value is -0.540. The Morgan fingerprint density at radius 2 is 2.23 bits per heavy atom. The molecule has 72 valence electrons. The predicted octanol–water partition coefficient (Wildman–Crippen LogP) is 2.01. The van der Waals surface area contributed by atoms with Crippen LogP contribution in [0.1, 0.15) is 31.7 Å². The summed E-state index contributed by atoms with van der Waals surface area (Å²) in [4.78, 5) is 0. The highest BCUT2D eigenvalue weighted by Crippen LogP contribution is 2.28. The lowest BCUT2D eigenvalue weighted by Gasteiger charge is -2.27. The summed E-state index contributed by atoms with van der Waals surface area (Å²) in [5, 5.41) is 14.5. The van der Waals surface area contributed by atoms with Gasteiger partial charge in [-0.25, -0.2) is 0 Å². The molecular weight excluding hydrogens is 188 g/mol. The summed E-state index contributed by atoms with van der Waals surface area (Å²) in [6.45, 7) is 0. The Kier molecular flexibility index (Phi) is 2.56. The van der Waals surface area contributed by atoms with Crippen LogP contribution < -0.4 is 0 Å². The summed E-state index contributed by atoms with van der Waals surface area (Å²) >= 11 is 5.76. The highest BCUT2D eigenvalue weighted by atomic mass is 35.5. The highest BCUT2D eigenvalue weighted by Gasteiger charge is 2.24. The fraction of sp³-hybridized carbons (Fsp3) is 0.667. The van der Waals surface area contributed by atoms with Gasteiger partial charge in [0, 0.05) is 6.20 Å². The molecule has 1 saturated carbocycles. The third kappa shape index (κ3) is 1.86. The zero-order chi connectivity index (χ0) is 9.26. The second-order valence-corrected chi connectivity index (χ2v) is 3.99. The number of halogens is 1. The molecule has 3 nitrogen and oxygen atoms in total. The van der Waals surface area contributed by atoms with Gasteiger partial charge in [0.05, 0.1) is 23.4 Å². The van der Waals surface area contributed by atoms with Crippen LogP contribution in [0.15, 0.2) is 12.4 Å².